The van der Waals surface area contributed by atoms with Crippen LogP contribution in [0.4, 0.5) is 11.8 Å². The molecule has 2 aromatic heterocycles. The van der Waals surface area contributed by atoms with Crippen LogP contribution >= 0.6 is 0 Å². The van der Waals surface area contributed by atoms with Crippen molar-refractivity contribution in [3.63, 3.8) is 0 Å². The van der Waals surface area contributed by atoms with Crippen LogP contribution in [0, 0.1) is 0 Å². The Hall–Kier alpha value is -3.85. The van der Waals surface area contributed by atoms with Crippen molar-refractivity contribution in [2.75, 3.05) is 38.4 Å². The summed E-state index contributed by atoms with van der Waals surface area (Å²) in [4.78, 5) is 9.48. The van der Waals surface area contributed by atoms with Gasteiger partial charge in [-0.25, -0.2) is 9.67 Å². The number of aromatic nitrogens is 4. The average Bonchev–Trinajstić information content (AvgIpc) is 3.50. The summed E-state index contributed by atoms with van der Waals surface area (Å²) in [5.74, 6) is 2.43. The summed E-state index contributed by atoms with van der Waals surface area (Å²) in [5, 5.41) is 8.70. The lowest BCUT2D eigenvalue weighted by Gasteiger charge is -2.12. The van der Waals surface area contributed by atoms with Crippen molar-refractivity contribution in [3.05, 3.63) is 48.5 Å². The van der Waals surface area contributed by atoms with Gasteiger partial charge in [0.25, 0.3) is 0 Å². The predicted molar refractivity (Wildman–Crippen MR) is 127 cm³/mol. The van der Waals surface area contributed by atoms with E-state index in [-0.39, 0.29) is 6.10 Å². The number of hydrogen-bond acceptors (Lipinski definition) is 8. The van der Waals surface area contributed by atoms with Gasteiger partial charge in [-0.05, 0) is 49.2 Å². The first-order valence-electron chi connectivity index (χ1n) is 10.9. The van der Waals surface area contributed by atoms with Gasteiger partial charge in [0.05, 0.1) is 37.1 Å². The molecule has 3 heterocycles. The van der Waals surface area contributed by atoms with Gasteiger partial charge in [-0.1, -0.05) is 12.1 Å². The van der Waals surface area contributed by atoms with Gasteiger partial charge in [0, 0.05) is 18.7 Å². The molecule has 170 valence electrons. The Morgan fingerprint density at radius 2 is 1.91 bits per heavy atom. The highest BCUT2D eigenvalue weighted by Crippen LogP contribution is 2.34. The van der Waals surface area contributed by atoms with Crippen molar-refractivity contribution in [3.8, 4) is 28.4 Å². The van der Waals surface area contributed by atoms with Crippen LogP contribution in [-0.2, 0) is 4.74 Å². The van der Waals surface area contributed by atoms with Crippen molar-refractivity contribution in [2.24, 2.45) is 0 Å². The first-order valence-corrected chi connectivity index (χ1v) is 10.9. The van der Waals surface area contributed by atoms with E-state index < -0.39 is 0 Å². The number of methoxy groups -OCH3 is 2. The molecule has 1 atom stereocenters. The fourth-order valence-electron chi connectivity index (χ4n) is 4.00. The SMILES string of the molecule is COc1ccc(-n2nc3nc(NCC4CCCO4)nc(-c4cccc(OC)c4)c3c2N)cc1. The van der Waals surface area contributed by atoms with E-state index in [1.54, 1.807) is 18.9 Å². The number of nitrogens with two attached hydrogens (primary N) is 1. The molecule has 1 unspecified atom stereocenters. The van der Waals surface area contributed by atoms with Gasteiger partial charge in [-0.3, -0.25) is 0 Å². The van der Waals surface area contributed by atoms with Gasteiger partial charge in [-0.15, -0.1) is 5.10 Å². The van der Waals surface area contributed by atoms with Crippen LogP contribution in [0.1, 0.15) is 12.8 Å². The second-order valence-corrected chi connectivity index (χ2v) is 7.84. The minimum atomic E-state index is 0.159. The van der Waals surface area contributed by atoms with Crippen LogP contribution in [0.25, 0.3) is 28.0 Å². The Bertz CT molecular complexity index is 1270. The number of nitrogen functional groups attached to an aromatic ring is 1. The number of fused-ring (bicyclic) bond motifs is 1. The highest BCUT2D eigenvalue weighted by molar-refractivity contribution is 5.99. The fraction of sp³-hybridized carbons (Fsp3) is 0.292. The highest BCUT2D eigenvalue weighted by Gasteiger charge is 2.21. The molecule has 2 aromatic carbocycles. The minimum absolute atomic E-state index is 0.159. The molecule has 0 bridgehead atoms. The molecular formula is C24H26N6O3. The Kier molecular flexibility index (Phi) is 5.70. The molecule has 9 nitrogen and oxygen atoms in total. The zero-order valence-electron chi connectivity index (χ0n) is 18.6. The van der Waals surface area contributed by atoms with E-state index in [1.165, 1.54) is 0 Å². The zero-order chi connectivity index (χ0) is 22.8. The zero-order valence-corrected chi connectivity index (χ0v) is 18.6. The maximum atomic E-state index is 6.59. The number of anilines is 2. The van der Waals surface area contributed by atoms with Gasteiger partial charge in [0.1, 0.15) is 17.3 Å². The number of hydrogen-bond donors (Lipinski definition) is 2. The second kappa shape index (κ2) is 8.95. The van der Waals surface area contributed by atoms with Crippen molar-refractivity contribution < 1.29 is 14.2 Å². The Morgan fingerprint density at radius 3 is 2.64 bits per heavy atom. The summed E-state index contributed by atoms with van der Waals surface area (Å²) in [6.07, 6.45) is 2.26. The van der Waals surface area contributed by atoms with Crippen LogP contribution < -0.4 is 20.5 Å². The molecule has 1 aliphatic rings. The van der Waals surface area contributed by atoms with Crippen LogP contribution in [0.2, 0.25) is 0 Å². The molecule has 1 fully saturated rings. The molecule has 0 spiro atoms. The van der Waals surface area contributed by atoms with E-state index in [2.05, 4.69) is 10.3 Å². The van der Waals surface area contributed by atoms with E-state index in [0.717, 1.165) is 42.2 Å². The monoisotopic (exact) mass is 446 g/mol. The normalized spacial score (nSPS) is 15.6. The van der Waals surface area contributed by atoms with Gasteiger partial charge in [-0.2, -0.15) is 4.98 Å². The summed E-state index contributed by atoms with van der Waals surface area (Å²) in [6, 6.07) is 15.2. The highest BCUT2D eigenvalue weighted by atomic mass is 16.5. The molecule has 1 saturated heterocycles. The molecule has 1 aliphatic heterocycles. The van der Waals surface area contributed by atoms with Crippen molar-refractivity contribution in [1.82, 2.24) is 19.7 Å². The molecule has 9 heteroatoms. The lowest BCUT2D eigenvalue weighted by molar-refractivity contribution is 0.120. The Balaban J connectivity index is 1.62. The van der Waals surface area contributed by atoms with Crippen LogP contribution in [-0.4, -0.2) is 53.2 Å². The van der Waals surface area contributed by atoms with Gasteiger partial charge in [0.15, 0.2) is 5.65 Å². The molecule has 0 saturated carbocycles. The Labute approximate surface area is 191 Å². The summed E-state index contributed by atoms with van der Waals surface area (Å²) in [6.45, 7) is 1.43. The van der Waals surface area contributed by atoms with Crippen molar-refractivity contribution in [2.45, 2.75) is 18.9 Å². The predicted octanol–water partition coefficient (Wildman–Crippen LogP) is 3.67. The molecule has 0 radical (unpaired) electrons. The summed E-state index contributed by atoms with van der Waals surface area (Å²) >= 11 is 0. The maximum Gasteiger partial charge on any atom is 0.225 e. The molecule has 33 heavy (non-hydrogen) atoms. The largest absolute Gasteiger partial charge is 0.497 e. The van der Waals surface area contributed by atoms with Crippen molar-refractivity contribution in [1.29, 1.82) is 0 Å². The van der Waals surface area contributed by atoms with Crippen LogP contribution in [0.15, 0.2) is 48.5 Å². The van der Waals surface area contributed by atoms with E-state index in [0.29, 0.717) is 35.0 Å². The van der Waals surface area contributed by atoms with E-state index >= 15 is 0 Å². The molecule has 5 rings (SSSR count). The average molecular weight is 447 g/mol. The van der Waals surface area contributed by atoms with Gasteiger partial charge < -0.3 is 25.3 Å². The number of nitrogens with zero attached hydrogens (tertiary/aromatic N) is 4. The molecule has 3 N–H and O–H groups in total. The van der Waals surface area contributed by atoms with Crippen molar-refractivity contribution >= 4 is 22.8 Å². The summed E-state index contributed by atoms with van der Waals surface area (Å²) in [5.41, 5.74) is 9.45. The maximum absolute atomic E-state index is 6.59. The molecule has 4 aromatic rings. The topological polar surface area (TPSA) is 109 Å². The molecule has 0 aliphatic carbocycles. The third-order valence-electron chi connectivity index (χ3n) is 5.74. The minimum Gasteiger partial charge on any atom is -0.497 e. The number of nitrogens with one attached hydrogen (secondary N) is 1. The van der Waals surface area contributed by atoms with E-state index in [9.17, 15) is 0 Å². The van der Waals surface area contributed by atoms with Crippen LogP contribution in [0.5, 0.6) is 11.5 Å². The third kappa shape index (κ3) is 4.14. The quantitative estimate of drug-likeness (QED) is 0.443. The molecule has 0 amide bonds. The number of benzene rings is 2. The first-order chi connectivity index (χ1) is 16.2. The summed E-state index contributed by atoms with van der Waals surface area (Å²) in [7, 11) is 3.27. The first kappa shape index (κ1) is 21.0. The van der Waals surface area contributed by atoms with Gasteiger partial charge >= 0.3 is 0 Å². The summed E-state index contributed by atoms with van der Waals surface area (Å²) < 4.78 is 18.1. The Morgan fingerprint density at radius 1 is 1.09 bits per heavy atom. The standard InChI is InChI=1S/C24H26N6O3/c1-31-17-10-8-16(9-11-17)30-22(25)20-21(15-5-3-6-18(13-15)32-2)27-24(28-23(20)29-30)26-14-19-7-4-12-33-19/h3,5-6,8-11,13,19H,4,7,12,14,25H2,1-2H3,(H,26,28,29). The smallest absolute Gasteiger partial charge is 0.225 e. The fourth-order valence-corrected chi connectivity index (χ4v) is 4.00. The third-order valence-corrected chi connectivity index (χ3v) is 5.74. The second-order valence-electron chi connectivity index (χ2n) is 7.84. The van der Waals surface area contributed by atoms with Crippen LogP contribution in [0.3, 0.4) is 0 Å². The number of ether oxygens (including phenoxy) is 3. The number of rotatable bonds is 7. The molecular weight excluding hydrogens is 420 g/mol. The van der Waals surface area contributed by atoms with E-state index in [1.807, 2.05) is 48.5 Å². The van der Waals surface area contributed by atoms with E-state index in [4.69, 9.17) is 30.0 Å². The van der Waals surface area contributed by atoms with Gasteiger partial charge in [0.2, 0.25) is 5.95 Å². The lowest BCUT2D eigenvalue weighted by Crippen LogP contribution is -2.19. The lowest BCUT2D eigenvalue weighted by atomic mass is 10.1.